The maximum absolute atomic E-state index is 11.9. The molecule has 0 rings (SSSR count). The molecular formula is C7H10F6O4S2. The Morgan fingerprint density at radius 2 is 1.21 bits per heavy atom. The standard InChI is InChI=1S/C7H10F6O4S2/c1-5(19(16,17)4-7(11,12)13)2-18(14,15)3-6(8,9)10/h5H,2-4H2,1H3. The van der Waals surface area contributed by atoms with Crippen molar-refractivity contribution in [2.45, 2.75) is 24.5 Å². The molecule has 1 atom stereocenters. The van der Waals surface area contributed by atoms with E-state index in [1.54, 1.807) is 0 Å². The summed E-state index contributed by atoms with van der Waals surface area (Å²) >= 11 is 0. The number of sulfone groups is 2. The number of hydrogen-bond acceptors (Lipinski definition) is 4. The molecule has 0 aromatic heterocycles. The molecule has 19 heavy (non-hydrogen) atoms. The summed E-state index contributed by atoms with van der Waals surface area (Å²) in [6.07, 6.45) is -10.2. The van der Waals surface area contributed by atoms with Crippen LogP contribution in [0.3, 0.4) is 0 Å². The zero-order chi connectivity index (χ0) is 15.7. The molecule has 4 nitrogen and oxygen atoms in total. The normalized spacial score (nSPS) is 16.4. The Morgan fingerprint density at radius 1 is 0.842 bits per heavy atom. The highest BCUT2D eigenvalue weighted by Gasteiger charge is 2.41. The maximum Gasteiger partial charge on any atom is 0.402 e. The molecule has 0 aliphatic carbocycles. The van der Waals surface area contributed by atoms with E-state index in [0.717, 1.165) is 0 Å². The van der Waals surface area contributed by atoms with Crippen molar-refractivity contribution in [1.82, 2.24) is 0 Å². The van der Waals surface area contributed by atoms with E-state index in [1.165, 1.54) is 0 Å². The number of halogens is 6. The van der Waals surface area contributed by atoms with Gasteiger partial charge >= 0.3 is 12.4 Å². The molecule has 0 fully saturated rings. The summed E-state index contributed by atoms with van der Waals surface area (Å²) in [7, 11) is -9.73. The van der Waals surface area contributed by atoms with Crippen molar-refractivity contribution in [2.24, 2.45) is 0 Å². The molecule has 0 aromatic rings. The third kappa shape index (κ3) is 8.29. The van der Waals surface area contributed by atoms with Gasteiger partial charge in [-0.15, -0.1) is 0 Å². The van der Waals surface area contributed by atoms with Crippen molar-refractivity contribution in [2.75, 3.05) is 17.3 Å². The first-order valence-electron chi connectivity index (χ1n) is 4.59. The van der Waals surface area contributed by atoms with Crippen LogP contribution in [0.25, 0.3) is 0 Å². The summed E-state index contributed by atoms with van der Waals surface area (Å²) in [5.74, 6) is -6.06. The lowest BCUT2D eigenvalue weighted by Crippen LogP contribution is -2.36. The van der Waals surface area contributed by atoms with E-state index in [0.29, 0.717) is 6.92 Å². The van der Waals surface area contributed by atoms with E-state index in [2.05, 4.69) is 0 Å². The topological polar surface area (TPSA) is 68.3 Å². The molecule has 0 aliphatic rings. The third-order valence-corrected chi connectivity index (χ3v) is 5.96. The maximum atomic E-state index is 11.9. The van der Waals surface area contributed by atoms with Gasteiger partial charge in [0.2, 0.25) is 0 Å². The van der Waals surface area contributed by atoms with Crippen LogP contribution >= 0.6 is 0 Å². The van der Waals surface area contributed by atoms with E-state index in [9.17, 15) is 43.2 Å². The van der Waals surface area contributed by atoms with Gasteiger partial charge in [-0.1, -0.05) is 0 Å². The van der Waals surface area contributed by atoms with E-state index in [4.69, 9.17) is 0 Å². The quantitative estimate of drug-likeness (QED) is 0.711. The van der Waals surface area contributed by atoms with E-state index < -0.39 is 54.5 Å². The largest absolute Gasteiger partial charge is 0.402 e. The lowest BCUT2D eigenvalue weighted by Gasteiger charge is -2.15. The van der Waals surface area contributed by atoms with Crippen LogP contribution in [0.2, 0.25) is 0 Å². The van der Waals surface area contributed by atoms with Crippen LogP contribution in [0.15, 0.2) is 0 Å². The van der Waals surface area contributed by atoms with Crippen LogP contribution in [0.1, 0.15) is 6.92 Å². The van der Waals surface area contributed by atoms with Gasteiger partial charge in [0, 0.05) is 0 Å². The molecule has 0 aromatic carbocycles. The Morgan fingerprint density at radius 3 is 1.53 bits per heavy atom. The van der Waals surface area contributed by atoms with Crippen molar-refractivity contribution < 1.29 is 43.2 Å². The van der Waals surface area contributed by atoms with E-state index in [1.807, 2.05) is 0 Å². The van der Waals surface area contributed by atoms with Crippen molar-refractivity contribution in [1.29, 1.82) is 0 Å². The minimum atomic E-state index is -5.08. The molecule has 0 heterocycles. The number of hydrogen-bond donors (Lipinski definition) is 0. The zero-order valence-electron chi connectivity index (χ0n) is 9.42. The Balaban J connectivity index is 4.93. The van der Waals surface area contributed by atoms with Gasteiger partial charge in [-0.3, -0.25) is 0 Å². The molecule has 0 spiro atoms. The second kappa shape index (κ2) is 5.46. The Labute approximate surface area is 105 Å². The highest BCUT2D eigenvalue weighted by Crippen LogP contribution is 2.22. The molecular weight excluding hydrogens is 326 g/mol. The fourth-order valence-corrected chi connectivity index (χ4v) is 4.66. The van der Waals surface area contributed by atoms with Gasteiger partial charge in [-0.05, 0) is 6.92 Å². The van der Waals surface area contributed by atoms with Crippen LogP contribution in [0.5, 0.6) is 0 Å². The molecule has 12 heteroatoms. The number of rotatable bonds is 5. The van der Waals surface area contributed by atoms with Gasteiger partial charge in [0.15, 0.2) is 19.7 Å². The molecule has 0 saturated carbocycles. The predicted octanol–water partition coefficient (Wildman–Crippen LogP) is 1.33. The first kappa shape index (κ1) is 18.5. The molecule has 0 N–H and O–H groups in total. The molecule has 0 aliphatic heterocycles. The smallest absolute Gasteiger partial charge is 0.228 e. The van der Waals surface area contributed by atoms with Crippen LogP contribution < -0.4 is 0 Å². The Hall–Kier alpha value is -0.520. The third-order valence-electron chi connectivity index (χ3n) is 1.85. The van der Waals surface area contributed by atoms with Crippen LogP contribution in [-0.4, -0.2) is 51.7 Å². The lowest BCUT2D eigenvalue weighted by atomic mass is 10.6. The fourth-order valence-electron chi connectivity index (χ4n) is 1.14. The van der Waals surface area contributed by atoms with E-state index >= 15 is 0 Å². The summed E-state index contributed by atoms with van der Waals surface area (Å²) in [5.41, 5.74) is 0. The van der Waals surface area contributed by atoms with Gasteiger partial charge in [-0.2, -0.15) is 26.3 Å². The molecule has 0 radical (unpaired) electrons. The second-order valence-corrected chi connectivity index (χ2v) is 8.43. The second-order valence-electron chi connectivity index (χ2n) is 3.90. The fraction of sp³-hybridized carbons (Fsp3) is 1.00. The van der Waals surface area contributed by atoms with E-state index in [-0.39, 0.29) is 0 Å². The summed E-state index contributed by atoms with van der Waals surface area (Å²) in [5, 5.41) is -2.07. The van der Waals surface area contributed by atoms with Crippen molar-refractivity contribution in [3.63, 3.8) is 0 Å². The molecule has 0 amide bonds. The highest BCUT2D eigenvalue weighted by atomic mass is 32.2. The van der Waals surface area contributed by atoms with Crippen LogP contribution in [-0.2, 0) is 19.7 Å². The zero-order valence-corrected chi connectivity index (χ0v) is 11.0. The molecule has 0 saturated heterocycles. The first-order valence-corrected chi connectivity index (χ1v) is 8.13. The van der Waals surface area contributed by atoms with Gasteiger partial charge < -0.3 is 0 Å². The Bertz CT molecular complexity index is 501. The average Bonchev–Trinajstić information content (AvgIpc) is 1.91. The molecule has 1 unspecified atom stereocenters. The highest BCUT2D eigenvalue weighted by molar-refractivity contribution is 7.95. The Kier molecular flexibility index (Phi) is 5.31. The molecule has 0 bridgehead atoms. The SMILES string of the molecule is CC(CS(=O)(=O)CC(F)(F)F)S(=O)(=O)CC(F)(F)F. The van der Waals surface area contributed by atoms with Gasteiger partial charge in [0.05, 0.1) is 11.0 Å². The molecule has 116 valence electrons. The first-order chi connectivity index (χ1) is 8.04. The minimum absolute atomic E-state index is 0.620. The lowest BCUT2D eigenvalue weighted by molar-refractivity contribution is -0.107. The van der Waals surface area contributed by atoms with Crippen molar-refractivity contribution in [3.8, 4) is 0 Å². The number of alkyl halides is 6. The van der Waals surface area contributed by atoms with Crippen LogP contribution in [0, 0.1) is 0 Å². The predicted molar refractivity (Wildman–Crippen MR) is 54.0 cm³/mol. The van der Waals surface area contributed by atoms with Gasteiger partial charge in [0.25, 0.3) is 0 Å². The summed E-state index contributed by atoms with van der Waals surface area (Å²) in [6.45, 7) is 0.620. The minimum Gasteiger partial charge on any atom is -0.228 e. The monoisotopic (exact) mass is 336 g/mol. The van der Waals surface area contributed by atoms with Gasteiger partial charge in [-0.25, -0.2) is 16.8 Å². The summed E-state index contributed by atoms with van der Waals surface area (Å²) in [6, 6.07) is 0. The average molecular weight is 336 g/mol. The van der Waals surface area contributed by atoms with Crippen molar-refractivity contribution in [3.05, 3.63) is 0 Å². The van der Waals surface area contributed by atoms with Gasteiger partial charge in [0.1, 0.15) is 11.5 Å². The van der Waals surface area contributed by atoms with Crippen LogP contribution in [0.4, 0.5) is 26.3 Å². The summed E-state index contributed by atoms with van der Waals surface area (Å²) in [4.78, 5) is 0. The summed E-state index contributed by atoms with van der Waals surface area (Å²) < 4.78 is 116. The van der Waals surface area contributed by atoms with Crippen molar-refractivity contribution >= 4 is 19.7 Å².